The van der Waals surface area contributed by atoms with Crippen LogP contribution in [0.15, 0.2) is 35.2 Å². The summed E-state index contributed by atoms with van der Waals surface area (Å²) < 4.78 is 5.36. The molecule has 3 heterocycles. The van der Waals surface area contributed by atoms with Gasteiger partial charge in [-0.3, -0.25) is 0 Å². The lowest BCUT2D eigenvalue weighted by molar-refractivity contribution is 0.266. The van der Waals surface area contributed by atoms with Gasteiger partial charge in [-0.2, -0.15) is 0 Å². The van der Waals surface area contributed by atoms with E-state index in [1.807, 2.05) is 30.1 Å². The van der Waals surface area contributed by atoms with Gasteiger partial charge in [-0.25, -0.2) is 9.97 Å². The van der Waals surface area contributed by atoms with Crippen molar-refractivity contribution < 1.29 is 9.52 Å². The lowest BCUT2D eigenvalue weighted by Crippen LogP contribution is -2.33. The maximum Gasteiger partial charge on any atom is 0.134 e. The van der Waals surface area contributed by atoms with Gasteiger partial charge in [0.2, 0.25) is 0 Å². The molecule has 1 fully saturated rings. The topological polar surface area (TPSA) is 65.6 Å². The van der Waals surface area contributed by atoms with E-state index in [2.05, 4.69) is 14.9 Å². The van der Waals surface area contributed by atoms with E-state index in [-0.39, 0.29) is 12.6 Å². The fraction of sp³-hybridized carbons (Fsp3) is 0.467. The van der Waals surface area contributed by atoms with Crippen molar-refractivity contribution >= 4 is 11.6 Å². The highest BCUT2D eigenvalue weighted by atomic mass is 16.3. The molecule has 1 N–H and O–H groups in total. The van der Waals surface area contributed by atoms with Crippen molar-refractivity contribution in [3.63, 3.8) is 0 Å². The molecule has 6 heteroatoms. The Labute approximate surface area is 124 Å². The third-order valence-corrected chi connectivity index (χ3v) is 3.88. The SMILES string of the molecule is CN(Cc1ccco1)c1cc(N2CCCC2CO)ncn1. The summed E-state index contributed by atoms with van der Waals surface area (Å²) in [6.45, 7) is 1.76. The van der Waals surface area contributed by atoms with Gasteiger partial charge in [0, 0.05) is 19.7 Å². The Bertz CT molecular complexity index is 573. The summed E-state index contributed by atoms with van der Waals surface area (Å²) in [4.78, 5) is 12.9. The number of nitrogens with zero attached hydrogens (tertiary/aromatic N) is 4. The number of anilines is 2. The second-order valence-corrected chi connectivity index (χ2v) is 5.34. The lowest BCUT2D eigenvalue weighted by Gasteiger charge is -2.25. The summed E-state index contributed by atoms with van der Waals surface area (Å²) in [6.07, 6.45) is 5.35. The number of rotatable bonds is 5. The third kappa shape index (κ3) is 3.00. The predicted molar refractivity (Wildman–Crippen MR) is 80.3 cm³/mol. The Morgan fingerprint density at radius 2 is 2.38 bits per heavy atom. The highest BCUT2D eigenvalue weighted by molar-refractivity contribution is 5.51. The van der Waals surface area contributed by atoms with E-state index in [1.165, 1.54) is 0 Å². The second-order valence-electron chi connectivity index (χ2n) is 5.34. The van der Waals surface area contributed by atoms with Crippen LogP contribution in [0, 0.1) is 0 Å². The summed E-state index contributed by atoms with van der Waals surface area (Å²) in [5, 5.41) is 9.44. The standard InChI is InChI=1S/C15H20N4O2/c1-18(9-13-5-3-7-21-13)14-8-15(17-11-16-14)19-6-2-4-12(19)10-20/h3,5,7-8,11-12,20H,2,4,6,9-10H2,1H3. The maximum atomic E-state index is 9.44. The van der Waals surface area contributed by atoms with Gasteiger partial charge in [0.1, 0.15) is 23.7 Å². The molecule has 1 aliphatic rings. The van der Waals surface area contributed by atoms with Crippen LogP contribution >= 0.6 is 0 Å². The first-order valence-corrected chi connectivity index (χ1v) is 7.21. The highest BCUT2D eigenvalue weighted by Gasteiger charge is 2.25. The van der Waals surface area contributed by atoms with Crippen molar-refractivity contribution in [2.45, 2.75) is 25.4 Å². The van der Waals surface area contributed by atoms with Crippen LogP contribution in [-0.4, -0.2) is 41.3 Å². The van der Waals surface area contributed by atoms with Gasteiger partial charge in [0.25, 0.3) is 0 Å². The van der Waals surface area contributed by atoms with Gasteiger partial charge < -0.3 is 19.3 Å². The molecule has 0 amide bonds. The van der Waals surface area contributed by atoms with E-state index in [9.17, 15) is 5.11 Å². The van der Waals surface area contributed by atoms with Crippen molar-refractivity contribution in [3.8, 4) is 0 Å². The molecule has 2 aromatic heterocycles. The van der Waals surface area contributed by atoms with Crippen LogP contribution in [-0.2, 0) is 6.54 Å². The number of aliphatic hydroxyl groups excluding tert-OH is 1. The van der Waals surface area contributed by atoms with Crippen LogP contribution in [0.25, 0.3) is 0 Å². The normalized spacial score (nSPS) is 18.2. The van der Waals surface area contributed by atoms with Gasteiger partial charge in [-0.15, -0.1) is 0 Å². The molecule has 1 saturated heterocycles. The van der Waals surface area contributed by atoms with E-state index < -0.39 is 0 Å². The van der Waals surface area contributed by atoms with Crippen LogP contribution in [0.2, 0.25) is 0 Å². The minimum atomic E-state index is 0.168. The van der Waals surface area contributed by atoms with Crippen LogP contribution < -0.4 is 9.80 Å². The fourth-order valence-electron chi connectivity index (χ4n) is 2.75. The van der Waals surface area contributed by atoms with Crippen molar-refractivity contribution in [2.24, 2.45) is 0 Å². The van der Waals surface area contributed by atoms with E-state index in [1.54, 1.807) is 12.6 Å². The first-order chi connectivity index (χ1) is 10.3. The van der Waals surface area contributed by atoms with Crippen molar-refractivity contribution in [1.82, 2.24) is 9.97 Å². The van der Waals surface area contributed by atoms with Crippen LogP contribution in [0.3, 0.4) is 0 Å². The molecule has 0 radical (unpaired) electrons. The Hall–Kier alpha value is -2.08. The molecule has 1 unspecified atom stereocenters. The number of furan rings is 1. The van der Waals surface area contributed by atoms with Gasteiger partial charge >= 0.3 is 0 Å². The van der Waals surface area contributed by atoms with E-state index in [4.69, 9.17) is 4.42 Å². The zero-order valence-corrected chi connectivity index (χ0v) is 12.1. The minimum Gasteiger partial charge on any atom is -0.467 e. The molecule has 0 spiro atoms. The van der Waals surface area contributed by atoms with E-state index >= 15 is 0 Å². The highest BCUT2D eigenvalue weighted by Crippen LogP contribution is 2.25. The monoisotopic (exact) mass is 288 g/mol. The quantitative estimate of drug-likeness (QED) is 0.903. The average Bonchev–Trinajstić information content (AvgIpc) is 3.18. The van der Waals surface area contributed by atoms with Crippen LogP contribution in [0.4, 0.5) is 11.6 Å². The molecule has 0 bridgehead atoms. The van der Waals surface area contributed by atoms with Crippen molar-refractivity contribution in [3.05, 3.63) is 36.5 Å². The summed E-state index contributed by atoms with van der Waals surface area (Å²) >= 11 is 0. The summed E-state index contributed by atoms with van der Waals surface area (Å²) in [5.74, 6) is 2.62. The summed E-state index contributed by atoms with van der Waals surface area (Å²) in [7, 11) is 1.97. The Kier molecular flexibility index (Phi) is 4.06. The molecule has 2 aromatic rings. The van der Waals surface area contributed by atoms with Crippen molar-refractivity contribution in [2.75, 3.05) is 30.0 Å². The first-order valence-electron chi connectivity index (χ1n) is 7.21. The molecule has 3 rings (SSSR count). The van der Waals surface area contributed by atoms with Gasteiger partial charge in [0.05, 0.1) is 25.5 Å². The average molecular weight is 288 g/mol. The number of aromatic nitrogens is 2. The molecule has 0 saturated carbocycles. The number of hydrogen-bond acceptors (Lipinski definition) is 6. The van der Waals surface area contributed by atoms with Crippen LogP contribution in [0.1, 0.15) is 18.6 Å². The molecular formula is C15H20N4O2. The lowest BCUT2D eigenvalue weighted by atomic mass is 10.2. The summed E-state index contributed by atoms with van der Waals surface area (Å²) in [6, 6.07) is 5.96. The largest absolute Gasteiger partial charge is 0.467 e. The molecule has 0 aliphatic carbocycles. The minimum absolute atomic E-state index is 0.168. The third-order valence-electron chi connectivity index (χ3n) is 3.88. The van der Waals surface area contributed by atoms with E-state index in [0.717, 1.165) is 36.8 Å². The zero-order chi connectivity index (χ0) is 14.7. The number of aliphatic hydroxyl groups is 1. The molecule has 1 aliphatic heterocycles. The second kappa shape index (κ2) is 6.13. The Morgan fingerprint density at radius 3 is 3.14 bits per heavy atom. The zero-order valence-electron chi connectivity index (χ0n) is 12.1. The smallest absolute Gasteiger partial charge is 0.134 e. The fourth-order valence-corrected chi connectivity index (χ4v) is 2.75. The van der Waals surface area contributed by atoms with Crippen molar-refractivity contribution in [1.29, 1.82) is 0 Å². The van der Waals surface area contributed by atoms with Gasteiger partial charge in [-0.1, -0.05) is 0 Å². The molecule has 21 heavy (non-hydrogen) atoms. The Balaban J connectivity index is 1.76. The molecule has 112 valence electrons. The predicted octanol–water partition coefficient (Wildman–Crippen LogP) is 1.67. The number of hydrogen-bond donors (Lipinski definition) is 1. The summed E-state index contributed by atoms with van der Waals surface area (Å²) in [5.41, 5.74) is 0. The molecule has 0 aromatic carbocycles. The molecule has 6 nitrogen and oxygen atoms in total. The maximum absolute atomic E-state index is 9.44. The Morgan fingerprint density at radius 1 is 1.48 bits per heavy atom. The van der Waals surface area contributed by atoms with Gasteiger partial charge in [0.15, 0.2) is 0 Å². The molecule has 1 atom stereocenters. The van der Waals surface area contributed by atoms with Crippen LogP contribution in [0.5, 0.6) is 0 Å². The van der Waals surface area contributed by atoms with Gasteiger partial charge in [-0.05, 0) is 25.0 Å². The first kappa shape index (κ1) is 13.9. The van der Waals surface area contributed by atoms with E-state index in [0.29, 0.717) is 6.54 Å². The molecular weight excluding hydrogens is 268 g/mol.